The molecular formula is C19H42O15S. The standard InChI is InChI=1S/C5H8O4.C4H8O3.C3H8O2.C3H6O2.C2H6O3S.C2H6O/c1-4(6)9-3-5(7)8-2;1-6-3-4(5)7-2;1-4-3-5-2;1-3(4)5-2;1-5-6(2,3)4;1-3-2/h3H2,1-2H3;3H2,1-2H3;3H2,1-2H3;1-2H3;1-2H3;1-2H3. The van der Waals surface area contributed by atoms with Crippen LogP contribution in [0.4, 0.5) is 0 Å². The predicted octanol–water partition coefficient (Wildman–Crippen LogP) is -0.201. The minimum atomic E-state index is -3.16. The molecule has 16 heteroatoms. The molecule has 0 aromatic heterocycles. The minimum absolute atomic E-state index is 0.0382. The summed E-state index contributed by atoms with van der Waals surface area (Å²) in [7, 11) is 9.72. The molecule has 214 valence electrons. The van der Waals surface area contributed by atoms with Crippen molar-refractivity contribution in [1.29, 1.82) is 0 Å². The first-order valence-corrected chi connectivity index (χ1v) is 10.9. The van der Waals surface area contributed by atoms with Crippen molar-refractivity contribution in [1.82, 2.24) is 0 Å². The first-order valence-electron chi connectivity index (χ1n) is 9.08. The molecule has 0 fully saturated rings. The van der Waals surface area contributed by atoms with Crippen molar-refractivity contribution < 1.29 is 69.7 Å². The normalized spacial score (nSPS) is 8.46. The Morgan fingerprint density at radius 3 is 1.03 bits per heavy atom. The van der Waals surface area contributed by atoms with E-state index in [-0.39, 0.29) is 25.2 Å². The van der Waals surface area contributed by atoms with Gasteiger partial charge in [-0.05, 0) is 0 Å². The molecule has 0 aliphatic heterocycles. The summed E-state index contributed by atoms with van der Waals surface area (Å²) < 4.78 is 57.9. The Labute approximate surface area is 208 Å². The zero-order valence-electron chi connectivity index (χ0n) is 22.7. The third-order valence-corrected chi connectivity index (χ3v) is 2.54. The summed E-state index contributed by atoms with van der Waals surface area (Å²) in [6.45, 7) is 2.71. The maximum atomic E-state index is 10.2. The largest absolute Gasteiger partial charge is 0.469 e. The molecule has 0 atom stereocenters. The summed E-state index contributed by atoms with van der Waals surface area (Å²) in [5.41, 5.74) is 0. The zero-order chi connectivity index (χ0) is 29.3. The molecule has 0 aromatic carbocycles. The van der Waals surface area contributed by atoms with Crippen LogP contribution in [0.15, 0.2) is 0 Å². The predicted molar refractivity (Wildman–Crippen MR) is 124 cm³/mol. The fraction of sp³-hybridized carbons (Fsp3) is 0.789. The van der Waals surface area contributed by atoms with Crippen LogP contribution in [0.1, 0.15) is 13.8 Å². The maximum absolute atomic E-state index is 10.2. The average Bonchev–Trinajstić information content (AvgIpc) is 2.79. The Morgan fingerprint density at radius 1 is 0.600 bits per heavy atom. The molecule has 15 nitrogen and oxygen atoms in total. The third-order valence-electron chi connectivity index (χ3n) is 1.94. The number of methoxy groups -OCH3 is 7. The number of hydrogen-bond donors (Lipinski definition) is 0. The quantitative estimate of drug-likeness (QED) is 0.178. The van der Waals surface area contributed by atoms with Gasteiger partial charge in [0.05, 0.1) is 34.7 Å². The van der Waals surface area contributed by atoms with Crippen LogP contribution < -0.4 is 0 Å². The van der Waals surface area contributed by atoms with Gasteiger partial charge in [-0.2, -0.15) is 8.42 Å². The molecule has 0 aromatic rings. The van der Waals surface area contributed by atoms with Gasteiger partial charge in [-0.3, -0.25) is 13.8 Å². The highest BCUT2D eigenvalue weighted by Crippen LogP contribution is 1.78. The van der Waals surface area contributed by atoms with Crippen LogP contribution in [0.2, 0.25) is 0 Å². The van der Waals surface area contributed by atoms with Gasteiger partial charge in [-0.1, -0.05) is 0 Å². The van der Waals surface area contributed by atoms with Gasteiger partial charge in [0.2, 0.25) is 0 Å². The fourth-order valence-electron chi connectivity index (χ4n) is 0.514. The van der Waals surface area contributed by atoms with Gasteiger partial charge < -0.3 is 37.9 Å². The smallest absolute Gasteiger partial charge is 0.344 e. The van der Waals surface area contributed by atoms with E-state index in [9.17, 15) is 27.6 Å². The maximum Gasteiger partial charge on any atom is 0.344 e. The highest BCUT2D eigenvalue weighted by Gasteiger charge is 2.00. The zero-order valence-corrected chi connectivity index (χ0v) is 23.5. The summed E-state index contributed by atoms with van der Waals surface area (Å²) in [6.07, 6.45) is 0.993. The Morgan fingerprint density at radius 2 is 0.914 bits per heavy atom. The molecule has 0 heterocycles. The lowest BCUT2D eigenvalue weighted by Crippen LogP contribution is -2.12. The monoisotopic (exact) mass is 542 g/mol. The minimum Gasteiger partial charge on any atom is -0.469 e. The summed E-state index contributed by atoms with van der Waals surface area (Å²) >= 11 is 0. The van der Waals surface area contributed by atoms with Gasteiger partial charge in [0.1, 0.15) is 13.4 Å². The van der Waals surface area contributed by atoms with E-state index in [1.165, 1.54) is 42.3 Å². The number of carbonyl (C=O) groups is 4. The molecule has 35 heavy (non-hydrogen) atoms. The van der Waals surface area contributed by atoms with Crippen molar-refractivity contribution in [3.8, 4) is 0 Å². The molecule has 0 unspecified atom stereocenters. The first-order chi connectivity index (χ1) is 16.1. The van der Waals surface area contributed by atoms with Crippen molar-refractivity contribution in [3.05, 3.63) is 0 Å². The van der Waals surface area contributed by atoms with Gasteiger partial charge in [0.15, 0.2) is 6.61 Å². The van der Waals surface area contributed by atoms with E-state index in [0.29, 0.717) is 6.79 Å². The second-order valence-electron chi connectivity index (χ2n) is 5.04. The van der Waals surface area contributed by atoms with E-state index in [1.807, 2.05) is 0 Å². The van der Waals surface area contributed by atoms with E-state index in [1.54, 1.807) is 28.4 Å². The second-order valence-corrected chi connectivity index (χ2v) is 6.78. The van der Waals surface area contributed by atoms with Crippen LogP contribution in [0, 0.1) is 0 Å². The van der Waals surface area contributed by atoms with Crippen LogP contribution in [0.25, 0.3) is 0 Å². The van der Waals surface area contributed by atoms with Gasteiger partial charge in [0, 0.05) is 49.4 Å². The molecule has 0 aliphatic carbocycles. The highest BCUT2D eigenvalue weighted by atomic mass is 32.2. The molecule has 0 radical (unpaired) electrons. The van der Waals surface area contributed by atoms with Crippen LogP contribution >= 0.6 is 0 Å². The van der Waals surface area contributed by atoms with E-state index in [2.05, 4.69) is 42.1 Å². The Kier molecular flexibility index (Phi) is 51.1. The van der Waals surface area contributed by atoms with E-state index >= 15 is 0 Å². The van der Waals surface area contributed by atoms with Crippen LogP contribution in [0.5, 0.6) is 0 Å². The lowest BCUT2D eigenvalue weighted by Gasteiger charge is -1.97. The molecule has 0 saturated heterocycles. The molecule has 0 rings (SSSR count). The molecular weight excluding hydrogens is 500 g/mol. The molecule has 0 aliphatic rings. The number of hydrogen-bond acceptors (Lipinski definition) is 15. The summed E-state index contributed by atoms with van der Waals surface area (Å²) in [6, 6.07) is 0. The van der Waals surface area contributed by atoms with Crippen molar-refractivity contribution in [2.75, 3.05) is 90.3 Å². The lowest BCUT2D eigenvalue weighted by atomic mass is 10.7. The van der Waals surface area contributed by atoms with Crippen molar-refractivity contribution in [2.45, 2.75) is 13.8 Å². The summed E-state index contributed by atoms with van der Waals surface area (Å²) in [5.74, 6) is -1.63. The molecule has 0 amide bonds. The van der Waals surface area contributed by atoms with Gasteiger partial charge in [-0.15, -0.1) is 0 Å². The van der Waals surface area contributed by atoms with Crippen molar-refractivity contribution in [2.24, 2.45) is 0 Å². The van der Waals surface area contributed by atoms with E-state index < -0.39 is 22.1 Å². The summed E-state index contributed by atoms with van der Waals surface area (Å²) in [4.78, 5) is 39.9. The van der Waals surface area contributed by atoms with Crippen LogP contribution in [-0.4, -0.2) is 123 Å². The van der Waals surface area contributed by atoms with Gasteiger partial charge >= 0.3 is 23.9 Å². The Balaban J connectivity index is -0.0000000742. The van der Waals surface area contributed by atoms with Gasteiger partial charge in [0.25, 0.3) is 10.1 Å². The fourth-order valence-corrected chi connectivity index (χ4v) is 0.514. The molecule has 0 N–H and O–H groups in total. The summed E-state index contributed by atoms with van der Waals surface area (Å²) in [5, 5.41) is 0. The van der Waals surface area contributed by atoms with Crippen LogP contribution in [-0.2, 0) is 71.4 Å². The Hall–Kier alpha value is -2.37. The number of ether oxygens (including phenoxy) is 8. The average molecular weight is 543 g/mol. The second kappa shape index (κ2) is 38.9. The molecule has 0 bridgehead atoms. The molecule has 0 saturated carbocycles. The van der Waals surface area contributed by atoms with Crippen LogP contribution in [0.3, 0.4) is 0 Å². The Bertz CT molecular complexity index is 575. The first kappa shape index (κ1) is 46.0. The lowest BCUT2D eigenvalue weighted by molar-refractivity contribution is -0.155. The SMILES string of the molecule is COC.COC(=O)COC(C)=O.COC(C)=O.COCC(=O)OC.COCOC.COS(C)(=O)=O. The topological polar surface area (TPSA) is 185 Å². The number of carbonyl (C=O) groups excluding carboxylic acids is 4. The molecule has 0 spiro atoms. The van der Waals surface area contributed by atoms with E-state index in [4.69, 9.17) is 0 Å². The number of rotatable bonds is 7. The number of esters is 4. The van der Waals surface area contributed by atoms with Crippen molar-refractivity contribution >= 4 is 34.0 Å². The highest BCUT2D eigenvalue weighted by molar-refractivity contribution is 7.85. The van der Waals surface area contributed by atoms with E-state index in [0.717, 1.165) is 13.4 Å². The van der Waals surface area contributed by atoms with Crippen molar-refractivity contribution in [3.63, 3.8) is 0 Å². The van der Waals surface area contributed by atoms with Gasteiger partial charge in [-0.25, -0.2) is 9.59 Å². The third kappa shape index (κ3) is 100.